The number of hydrogen-bond donors (Lipinski definition) is 0. The van der Waals surface area contributed by atoms with Gasteiger partial charge >= 0.3 is 0 Å². The predicted octanol–water partition coefficient (Wildman–Crippen LogP) is 4.08. The number of hydrogen-bond acceptors (Lipinski definition) is 1. The lowest BCUT2D eigenvalue weighted by Gasteiger charge is -2.35. The van der Waals surface area contributed by atoms with Gasteiger partial charge < -0.3 is 4.90 Å². The van der Waals surface area contributed by atoms with Crippen LogP contribution < -0.4 is 0 Å². The molecule has 0 atom stereocenters. The molecule has 3 rings (SSSR count). The molecule has 0 radical (unpaired) electrons. The van der Waals surface area contributed by atoms with E-state index >= 15 is 0 Å². The van der Waals surface area contributed by atoms with E-state index in [1.807, 2.05) is 0 Å². The third-order valence-corrected chi connectivity index (χ3v) is 5.51. The maximum Gasteiger partial charge on any atom is 0.00964 e. The van der Waals surface area contributed by atoms with Crippen LogP contribution in [0.2, 0.25) is 0 Å². The second-order valence-corrected chi connectivity index (χ2v) is 7.07. The molecule has 1 nitrogen and oxygen atoms in total. The zero-order valence-electron chi connectivity index (χ0n) is 11.5. The highest BCUT2D eigenvalue weighted by atomic mass is 15.2. The monoisotopic (exact) mass is 235 g/mol. The van der Waals surface area contributed by atoms with Crippen LogP contribution in [0.25, 0.3) is 0 Å². The SMILES string of the molecule is CC1CCC(CC2CCN(C3CC3)CC2)CC1. The highest BCUT2D eigenvalue weighted by Gasteiger charge is 2.32. The molecule has 2 aliphatic carbocycles. The molecule has 0 amide bonds. The van der Waals surface area contributed by atoms with E-state index < -0.39 is 0 Å². The minimum absolute atomic E-state index is 1.01. The van der Waals surface area contributed by atoms with Gasteiger partial charge in [-0.25, -0.2) is 0 Å². The quantitative estimate of drug-likeness (QED) is 0.712. The zero-order valence-corrected chi connectivity index (χ0v) is 11.5. The lowest BCUT2D eigenvalue weighted by molar-refractivity contribution is 0.147. The molecule has 0 unspecified atom stereocenters. The summed E-state index contributed by atoms with van der Waals surface area (Å²) in [4.78, 5) is 2.76. The van der Waals surface area contributed by atoms with Crippen molar-refractivity contribution in [3.63, 3.8) is 0 Å². The Labute approximate surface area is 107 Å². The molecule has 0 N–H and O–H groups in total. The van der Waals surface area contributed by atoms with Gasteiger partial charge in [-0.2, -0.15) is 0 Å². The summed E-state index contributed by atoms with van der Waals surface area (Å²) in [6, 6.07) is 1.01. The van der Waals surface area contributed by atoms with Gasteiger partial charge in [0, 0.05) is 6.04 Å². The minimum atomic E-state index is 1.01. The summed E-state index contributed by atoms with van der Waals surface area (Å²) in [6.07, 6.45) is 13.6. The molecular formula is C16H29N. The van der Waals surface area contributed by atoms with Crippen LogP contribution in [0, 0.1) is 17.8 Å². The molecule has 0 bridgehead atoms. The van der Waals surface area contributed by atoms with Crippen molar-refractivity contribution in [3.8, 4) is 0 Å². The summed E-state index contributed by atoms with van der Waals surface area (Å²) in [6.45, 7) is 5.27. The van der Waals surface area contributed by atoms with Crippen LogP contribution in [-0.4, -0.2) is 24.0 Å². The Morgan fingerprint density at radius 3 is 1.94 bits per heavy atom. The van der Waals surface area contributed by atoms with E-state index in [1.165, 1.54) is 64.5 Å². The molecule has 2 saturated carbocycles. The molecular weight excluding hydrogens is 206 g/mol. The third-order valence-electron chi connectivity index (χ3n) is 5.51. The summed E-state index contributed by atoms with van der Waals surface area (Å²) in [5.74, 6) is 3.18. The molecule has 3 aliphatic rings. The highest BCUT2D eigenvalue weighted by Crippen LogP contribution is 2.37. The molecule has 0 aromatic rings. The largest absolute Gasteiger partial charge is 0.300 e. The molecule has 0 aromatic heterocycles. The Morgan fingerprint density at radius 1 is 0.765 bits per heavy atom. The average molecular weight is 235 g/mol. The van der Waals surface area contributed by atoms with Gasteiger partial charge in [0.1, 0.15) is 0 Å². The number of nitrogens with zero attached hydrogens (tertiary/aromatic N) is 1. The van der Waals surface area contributed by atoms with Crippen LogP contribution in [0.5, 0.6) is 0 Å². The van der Waals surface area contributed by atoms with Gasteiger partial charge in [-0.3, -0.25) is 0 Å². The van der Waals surface area contributed by atoms with E-state index in [0.717, 1.165) is 23.8 Å². The van der Waals surface area contributed by atoms with Gasteiger partial charge in [-0.1, -0.05) is 32.6 Å². The Bertz CT molecular complexity index is 230. The summed E-state index contributed by atoms with van der Waals surface area (Å²) in [7, 11) is 0. The fraction of sp³-hybridized carbons (Fsp3) is 1.00. The van der Waals surface area contributed by atoms with Crippen molar-refractivity contribution < 1.29 is 0 Å². The topological polar surface area (TPSA) is 3.24 Å². The smallest absolute Gasteiger partial charge is 0.00964 e. The Balaban J connectivity index is 1.38. The normalized spacial score (nSPS) is 37.2. The van der Waals surface area contributed by atoms with Gasteiger partial charge in [0.15, 0.2) is 0 Å². The molecule has 0 spiro atoms. The van der Waals surface area contributed by atoms with E-state index in [9.17, 15) is 0 Å². The van der Waals surface area contributed by atoms with Crippen LogP contribution >= 0.6 is 0 Å². The first kappa shape index (κ1) is 12.0. The van der Waals surface area contributed by atoms with Crippen molar-refractivity contribution in [1.82, 2.24) is 4.90 Å². The summed E-state index contributed by atoms with van der Waals surface area (Å²) >= 11 is 0. The lowest BCUT2D eigenvalue weighted by Crippen LogP contribution is -2.36. The zero-order chi connectivity index (χ0) is 11.7. The molecule has 98 valence electrons. The van der Waals surface area contributed by atoms with Crippen LogP contribution in [0.4, 0.5) is 0 Å². The van der Waals surface area contributed by atoms with Crippen LogP contribution in [0.3, 0.4) is 0 Å². The maximum absolute atomic E-state index is 2.76. The van der Waals surface area contributed by atoms with Crippen molar-refractivity contribution in [2.24, 2.45) is 17.8 Å². The molecule has 17 heavy (non-hydrogen) atoms. The van der Waals surface area contributed by atoms with Gasteiger partial charge in [0.05, 0.1) is 0 Å². The number of likely N-dealkylation sites (tertiary alicyclic amines) is 1. The van der Waals surface area contributed by atoms with E-state index in [0.29, 0.717) is 0 Å². The summed E-state index contributed by atoms with van der Waals surface area (Å²) < 4.78 is 0. The second kappa shape index (κ2) is 5.30. The highest BCUT2D eigenvalue weighted by molar-refractivity contribution is 4.87. The van der Waals surface area contributed by atoms with Crippen molar-refractivity contribution in [1.29, 1.82) is 0 Å². The fourth-order valence-corrected chi connectivity index (χ4v) is 4.03. The Hall–Kier alpha value is -0.0400. The van der Waals surface area contributed by atoms with E-state index in [1.54, 1.807) is 6.42 Å². The molecule has 1 heterocycles. The fourth-order valence-electron chi connectivity index (χ4n) is 4.03. The van der Waals surface area contributed by atoms with Crippen LogP contribution in [0.1, 0.15) is 64.7 Å². The number of piperidine rings is 1. The van der Waals surface area contributed by atoms with Crippen molar-refractivity contribution >= 4 is 0 Å². The second-order valence-electron chi connectivity index (χ2n) is 7.07. The van der Waals surface area contributed by atoms with Crippen molar-refractivity contribution in [3.05, 3.63) is 0 Å². The van der Waals surface area contributed by atoms with Gasteiger partial charge in [-0.05, 0) is 62.9 Å². The molecule has 1 saturated heterocycles. The first-order valence-corrected chi connectivity index (χ1v) is 8.05. The van der Waals surface area contributed by atoms with Gasteiger partial charge in [0.2, 0.25) is 0 Å². The lowest BCUT2D eigenvalue weighted by atomic mass is 9.77. The maximum atomic E-state index is 2.76. The minimum Gasteiger partial charge on any atom is -0.300 e. The summed E-state index contributed by atoms with van der Waals surface area (Å²) in [5.41, 5.74) is 0. The molecule has 0 aromatic carbocycles. The van der Waals surface area contributed by atoms with Crippen LogP contribution in [-0.2, 0) is 0 Å². The number of rotatable bonds is 3. The van der Waals surface area contributed by atoms with E-state index in [-0.39, 0.29) is 0 Å². The summed E-state index contributed by atoms with van der Waals surface area (Å²) in [5, 5.41) is 0. The van der Waals surface area contributed by atoms with Gasteiger partial charge in [-0.15, -0.1) is 0 Å². The Kier molecular flexibility index (Phi) is 3.75. The predicted molar refractivity (Wildman–Crippen MR) is 73.1 cm³/mol. The van der Waals surface area contributed by atoms with Crippen molar-refractivity contribution in [2.45, 2.75) is 70.8 Å². The van der Waals surface area contributed by atoms with Gasteiger partial charge in [0.25, 0.3) is 0 Å². The standard InChI is InChI=1S/C16H29N/c1-13-2-4-14(5-3-13)12-15-8-10-17(11-9-15)16-6-7-16/h13-16H,2-12H2,1H3. The van der Waals surface area contributed by atoms with Crippen molar-refractivity contribution in [2.75, 3.05) is 13.1 Å². The van der Waals surface area contributed by atoms with E-state index in [4.69, 9.17) is 0 Å². The molecule has 1 aliphatic heterocycles. The van der Waals surface area contributed by atoms with Crippen LogP contribution in [0.15, 0.2) is 0 Å². The third kappa shape index (κ3) is 3.24. The first-order valence-electron chi connectivity index (χ1n) is 8.05. The molecule has 3 fully saturated rings. The van der Waals surface area contributed by atoms with E-state index in [2.05, 4.69) is 11.8 Å². The Morgan fingerprint density at radius 2 is 1.35 bits per heavy atom. The molecule has 1 heteroatoms. The first-order chi connectivity index (χ1) is 8.31. The average Bonchev–Trinajstić information content (AvgIpc) is 3.17.